The number of alkyl carbamates (subject to hydrolysis) is 1. The number of rotatable bonds is 11. The molecule has 210 valence electrons. The van der Waals surface area contributed by atoms with Crippen LogP contribution in [0, 0.1) is 0 Å². The van der Waals surface area contributed by atoms with E-state index < -0.39 is 23.7 Å². The number of nitrogens with zero attached hydrogens (tertiary/aromatic N) is 2. The molecule has 1 spiro atoms. The van der Waals surface area contributed by atoms with Crippen molar-refractivity contribution < 1.29 is 19.1 Å². The molecular formula is C31H42N4O4. The van der Waals surface area contributed by atoms with Gasteiger partial charge in [-0.15, -0.1) is 0 Å². The molecule has 2 aliphatic rings. The third-order valence-electron chi connectivity index (χ3n) is 7.97. The van der Waals surface area contributed by atoms with Crippen LogP contribution in [0.1, 0.15) is 57.1 Å². The third kappa shape index (κ3) is 6.98. The van der Waals surface area contributed by atoms with Crippen molar-refractivity contribution in [1.82, 2.24) is 20.4 Å². The van der Waals surface area contributed by atoms with E-state index in [9.17, 15) is 14.4 Å². The van der Waals surface area contributed by atoms with Crippen molar-refractivity contribution in [3.05, 3.63) is 71.8 Å². The molecule has 0 aliphatic carbocycles. The van der Waals surface area contributed by atoms with Gasteiger partial charge in [-0.05, 0) is 43.2 Å². The Kier molecular flexibility index (Phi) is 9.98. The summed E-state index contributed by atoms with van der Waals surface area (Å²) >= 11 is 0. The van der Waals surface area contributed by atoms with E-state index in [1.807, 2.05) is 55.1 Å². The summed E-state index contributed by atoms with van der Waals surface area (Å²) < 4.78 is 5.42. The fourth-order valence-electron chi connectivity index (χ4n) is 5.78. The molecule has 39 heavy (non-hydrogen) atoms. The Balaban J connectivity index is 1.40. The normalized spacial score (nSPS) is 19.9. The van der Waals surface area contributed by atoms with Gasteiger partial charge in [-0.2, -0.15) is 0 Å². The summed E-state index contributed by atoms with van der Waals surface area (Å²) in [5.74, 6) is -0.222. The molecule has 0 unspecified atom stereocenters. The minimum absolute atomic E-state index is 0.108. The molecule has 3 amide bonds. The number of hydrogen-bond acceptors (Lipinski definition) is 5. The van der Waals surface area contributed by atoms with Crippen molar-refractivity contribution >= 4 is 17.9 Å². The highest BCUT2D eigenvalue weighted by molar-refractivity contribution is 6.00. The lowest BCUT2D eigenvalue weighted by Gasteiger charge is -2.52. The number of carbonyl (C=O) groups excluding carboxylic acids is 3. The van der Waals surface area contributed by atoms with Crippen LogP contribution < -0.4 is 10.6 Å². The van der Waals surface area contributed by atoms with Crippen LogP contribution in [0.5, 0.6) is 0 Å². The summed E-state index contributed by atoms with van der Waals surface area (Å²) in [7, 11) is 0. The Labute approximate surface area is 232 Å². The molecule has 2 N–H and O–H groups in total. The highest BCUT2D eigenvalue weighted by atomic mass is 16.5. The second-order valence-corrected chi connectivity index (χ2v) is 10.7. The minimum Gasteiger partial charge on any atom is -0.445 e. The second kappa shape index (κ2) is 13.6. The number of benzene rings is 2. The van der Waals surface area contributed by atoms with Gasteiger partial charge in [0.25, 0.3) is 0 Å². The molecule has 0 bridgehead atoms. The van der Waals surface area contributed by atoms with Crippen LogP contribution in [0.25, 0.3) is 0 Å². The Morgan fingerprint density at radius 3 is 2.23 bits per heavy atom. The molecule has 2 saturated heterocycles. The quantitative estimate of drug-likeness (QED) is 0.456. The van der Waals surface area contributed by atoms with Gasteiger partial charge in [-0.3, -0.25) is 9.59 Å². The monoisotopic (exact) mass is 534 g/mol. The Morgan fingerprint density at radius 2 is 1.62 bits per heavy atom. The number of piperazine rings is 1. The molecule has 0 radical (unpaired) electrons. The summed E-state index contributed by atoms with van der Waals surface area (Å²) in [6, 6.07) is 18.5. The van der Waals surface area contributed by atoms with E-state index in [-0.39, 0.29) is 18.4 Å². The summed E-state index contributed by atoms with van der Waals surface area (Å²) in [6.45, 7) is 7.14. The van der Waals surface area contributed by atoms with Crippen molar-refractivity contribution in [2.75, 3.05) is 26.2 Å². The lowest BCUT2D eigenvalue weighted by Crippen LogP contribution is -2.75. The first-order chi connectivity index (χ1) is 19.0. The van der Waals surface area contributed by atoms with Crippen LogP contribution >= 0.6 is 0 Å². The van der Waals surface area contributed by atoms with Gasteiger partial charge in [0.15, 0.2) is 0 Å². The van der Waals surface area contributed by atoms with Crippen LogP contribution in [-0.4, -0.2) is 71.5 Å². The average Bonchev–Trinajstić information content (AvgIpc) is 2.97. The van der Waals surface area contributed by atoms with Gasteiger partial charge in [0.1, 0.15) is 18.2 Å². The van der Waals surface area contributed by atoms with Gasteiger partial charge >= 0.3 is 6.09 Å². The van der Waals surface area contributed by atoms with Crippen LogP contribution in [0.4, 0.5) is 4.79 Å². The Hall–Kier alpha value is -3.39. The fourth-order valence-corrected chi connectivity index (χ4v) is 5.78. The number of piperidine rings is 1. The van der Waals surface area contributed by atoms with Gasteiger partial charge in [-0.25, -0.2) is 4.79 Å². The van der Waals surface area contributed by atoms with Gasteiger partial charge in [0, 0.05) is 26.2 Å². The number of hydrogen-bond donors (Lipinski definition) is 2. The van der Waals surface area contributed by atoms with Gasteiger partial charge < -0.3 is 25.2 Å². The summed E-state index contributed by atoms with van der Waals surface area (Å²) in [4.78, 5) is 44.5. The van der Waals surface area contributed by atoms with Crippen molar-refractivity contribution in [3.63, 3.8) is 0 Å². The van der Waals surface area contributed by atoms with Crippen molar-refractivity contribution in [2.45, 2.75) is 76.6 Å². The zero-order chi connectivity index (χ0) is 27.7. The predicted molar refractivity (Wildman–Crippen MR) is 151 cm³/mol. The highest BCUT2D eigenvalue weighted by Crippen LogP contribution is 2.34. The van der Waals surface area contributed by atoms with Crippen LogP contribution in [-0.2, 0) is 27.4 Å². The minimum atomic E-state index is -0.836. The molecule has 8 nitrogen and oxygen atoms in total. The van der Waals surface area contributed by atoms with Gasteiger partial charge in [0.2, 0.25) is 11.8 Å². The van der Waals surface area contributed by atoms with Crippen LogP contribution in [0.2, 0.25) is 0 Å². The first-order valence-corrected chi connectivity index (χ1v) is 14.3. The predicted octanol–water partition coefficient (Wildman–Crippen LogP) is 3.90. The number of carbonyl (C=O) groups is 3. The maximum absolute atomic E-state index is 13.9. The van der Waals surface area contributed by atoms with E-state index in [4.69, 9.17) is 4.74 Å². The van der Waals surface area contributed by atoms with E-state index in [0.29, 0.717) is 25.8 Å². The van der Waals surface area contributed by atoms with Crippen LogP contribution in [0.3, 0.4) is 0 Å². The molecular weight excluding hydrogens is 492 g/mol. The van der Waals surface area contributed by atoms with Gasteiger partial charge in [-0.1, -0.05) is 80.9 Å². The molecule has 2 aliphatic heterocycles. The van der Waals surface area contributed by atoms with E-state index in [0.717, 1.165) is 44.5 Å². The number of likely N-dealkylation sites (tertiary alicyclic amines) is 1. The first-order valence-electron chi connectivity index (χ1n) is 14.3. The second-order valence-electron chi connectivity index (χ2n) is 10.7. The molecule has 4 rings (SSSR count). The summed E-state index contributed by atoms with van der Waals surface area (Å²) in [5, 5.41) is 5.90. The van der Waals surface area contributed by atoms with E-state index >= 15 is 0 Å². The van der Waals surface area contributed by atoms with Crippen molar-refractivity contribution in [3.8, 4) is 0 Å². The lowest BCUT2D eigenvalue weighted by molar-refractivity contribution is -0.162. The standard InChI is InChI=1S/C31H42N4O4/c1-3-11-26(32-30(38)39-23-25-14-9-6-10-15-25)27-28(36)35(19-4-2)31(29(37)33-27)17-21-34(22-18-31)20-16-24-12-7-5-8-13-24/h5-10,12-15,26-27H,3-4,11,16-23H2,1-2H3,(H,32,38)(H,33,37)/t26-,27-/m0/s1. The molecule has 2 atom stereocenters. The molecule has 2 aromatic rings. The van der Waals surface area contributed by atoms with Gasteiger partial charge in [0.05, 0.1) is 6.04 Å². The third-order valence-corrected chi connectivity index (χ3v) is 7.97. The molecule has 8 heteroatoms. The fraction of sp³-hybridized carbons (Fsp3) is 0.516. The van der Waals surface area contributed by atoms with Crippen molar-refractivity contribution in [1.29, 1.82) is 0 Å². The summed E-state index contributed by atoms with van der Waals surface area (Å²) in [5.41, 5.74) is 1.35. The highest BCUT2D eigenvalue weighted by Gasteiger charge is 2.54. The van der Waals surface area contributed by atoms with E-state index in [1.165, 1.54) is 5.56 Å². The number of amides is 3. The molecule has 2 fully saturated rings. The lowest BCUT2D eigenvalue weighted by atomic mass is 9.80. The maximum atomic E-state index is 13.9. The largest absolute Gasteiger partial charge is 0.445 e. The zero-order valence-electron chi connectivity index (χ0n) is 23.2. The number of nitrogens with one attached hydrogen (secondary N) is 2. The number of ether oxygens (including phenoxy) is 1. The van der Waals surface area contributed by atoms with E-state index in [1.54, 1.807) is 0 Å². The first kappa shape index (κ1) is 28.6. The molecule has 2 heterocycles. The zero-order valence-corrected chi connectivity index (χ0v) is 23.2. The molecule has 2 aromatic carbocycles. The molecule has 0 aromatic heterocycles. The smallest absolute Gasteiger partial charge is 0.407 e. The SMILES string of the molecule is CCC[C@H](NC(=O)OCc1ccccc1)[C@@H]1NC(=O)C2(CCN(CCc3ccccc3)CC2)N(CCC)C1=O. The maximum Gasteiger partial charge on any atom is 0.407 e. The van der Waals surface area contributed by atoms with Crippen LogP contribution in [0.15, 0.2) is 60.7 Å². The van der Waals surface area contributed by atoms with E-state index in [2.05, 4.69) is 39.8 Å². The topological polar surface area (TPSA) is 91.0 Å². The van der Waals surface area contributed by atoms with Crippen molar-refractivity contribution in [2.24, 2.45) is 0 Å². The Morgan fingerprint density at radius 1 is 0.974 bits per heavy atom. The molecule has 0 saturated carbocycles. The average molecular weight is 535 g/mol. The Bertz CT molecular complexity index is 1090. The summed E-state index contributed by atoms with van der Waals surface area (Å²) in [6.07, 6.45) is 3.65.